The van der Waals surface area contributed by atoms with E-state index in [0.29, 0.717) is 12.0 Å². The average molecular weight is 417 g/mol. The third-order valence-electron chi connectivity index (χ3n) is 2.30. The van der Waals surface area contributed by atoms with E-state index in [-0.39, 0.29) is 48.3 Å². The minimum atomic E-state index is -4.70. The summed E-state index contributed by atoms with van der Waals surface area (Å²) in [5, 5.41) is 2.90. The van der Waals surface area contributed by atoms with Gasteiger partial charge in [0.05, 0.1) is 0 Å². The quantitative estimate of drug-likeness (QED) is 0.440. The van der Waals surface area contributed by atoms with Crippen molar-refractivity contribution in [1.82, 2.24) is 5.32 Å². The van der Waals surface area contributed by atoms with Crippen LogP contribution < -0.4 is 15.8 Å². The largest absolute Gasteiger partial charge is 0.573 e. The first-order valence-electron chi connectivity index (χ1n) is 6.18. The van der Waals surface area contributed by atoms with E-state index in [9.17, 15) is 13.2 Å². The van der Waals surface area contributed by atoms with Gasteiger partial charge in [0.25, 0.3) is 0 Å². The highest BCUT2D eigenvalue weighted by molar-refractivity contribution is 14.0. The lowest BCUT2D eigenvalue weighted by Gasteiger charge is -2.13. The van der Waals surface area contributed by atoms with Gasteiger partial charge in [-0.25, -0.2) is 0 Å². The second kappa shape index (κ2) is 8.96. The fraction of sp³-hybridized carbons (Fsp3) is 0.462. The molecule has 0 aliphatic carbocycles. The molecule has 1 aromatic carbocycles. The third kappa shape index (κ3) is 8.64. The summed E-state index contributed by atoms with van der Waals surface area (Å²) in [6.45, 7) is 4.10. The number of nitrogens with one attached hydrogen (secondary N) is 1. The van der Waals surface area contributed by atoms with Crippen LogP contribution in [0.5, 0.6) is 5.75 Å². The lowest BCUT2D eigenvalue weighted by molar-refractivity contribution is -0.274. The molecule has 0 unspecified atom stereocenters. The van der Waals surface area contributed by atoms with Crippen LogP contribution in [0.2, 0.25) is 0 Å². The number of guanidine groups is 1. The number of hydrogen-bond donors (Lipinski definition) is 2. The van der Waals surface area contributed by atoms with Crippen LogP contribution in [-0.2, 0) is 6.42 Å². The molecule has 1 aromatic rings. The van der Waals surface area contributed by atoms with Gasteiger partial charge in [-0.2, -0.15) is 0 Å². The standard InChI is InChI=1S/C13H18F3N3O.HI/c1-9(2)19-12(17)18-8-7-10-5-3-4-6-11(10)20-13(14,15)16;/h3-6,9H,7-8H2,1-2H3,(H3,17,18,19);1H. The van der Waals surface area contributed by atoms with Crippen molar-refractivity contribution in [1.29, 1.82) is 0 Å². The lowest BCUT2D eigenvalue weighted by Crippen LogP contribution is -2.36. The van der Waals surface area contributed by atoms with E-state index >= 15 is 0 Å². The molecule has 0 amide bonds. The van der Waals surface area contributed by atoms with Crippen molar-refractivity contribution in [2.45, 2.75) is 32.7 Å². The Kier molecular flexibility index (Phi) is 8.45. The second-order valence-electron chi connectivity index (χ2n) is 4.47. The predicted octanol–water partition coefficient (Wildman–Crippen LogP) is 3.06. The van der Waals surface area contributed by atoms with Crippen LogP contribution in [0.1, 0.15) is 19.4 Å². The number of nitrogens with zero attached hydrogens (tertiary/aromatic N) is 1. The summed E-state index contributed by atoms with van der Waals surface area (Å²) in [5.41, 5.74) is 6.04. The Morgan fingerprint density at radius 2 is 1.95 bits per heavy atom. The number of ether oxygens (including phenoxy) is 1. The Morgan fingerprint density at radius 1 is 1.33 bits per heavy atom. The van der Waals surface area contributed by atoms with E-state index in [1.165, 1.54) is 12.1 Å². The van der Waals surface area contributed by atoms with Crippen molar-refractivity contribution in [3.8, 4) is 5.75 Å². The zero-order chi connectivity index (χ0) is 15.2. The van der Waals surface area contributed by atoms with Gasteiger partial charge in [-0.15, -0.1) is 37.1 Å². The van der Waals surface area contributed by atoms with Gasteiger partial charge in [0.2, 0.25) is 0 Å². The van der Waals surface area contributed by atoms with E-state index in [0.717, 1.165) is 0 Å². The van der Waals surface area contributed by atoms with Crippen LogP contribution in [0.4, 0.5) is 13.2 Å². The topological polar surface area (TPSA) is 59.6 Å². The molecule has 21 heavy (non-hydrogen) atoms. The number of halogens is 4. The van der Waals surface area contributed by atoms with Crippen molar-refractivity contribution >= 4 is 29.9 Å². The number of benzene rings is 1. The van der Waals surface area contributed by atoms with Crippen LogP contribution in [0.3, 0.4) is 0 Å². The van der Waals surface area contributed by atoms with Crippen LogP contribution in [0.25, 0.3) is 0 Å². The highest BCUT2D eigenvalue weighted by Gasteiger charge is 2.31. The lowest BCUT2D eigenvalue weighted by atomic mass is 10.1. The summed E-state index contributed by atoms with van der Waals surface area (Å²) in [4.78, 5) is 4.04. The highest BCUT2D eigenvalue weighted by Crippen LogP contribution is 2.26. The predicted molar refractivity (Wildman–Crippen MR) is 87.0 cm³/mol. The van der Waals surface area contributed by atoms with E-state index in [4.69, 9.17) is 5.73 Å². The van der Waals surface area contributed by atoms with Gasteiger partial charge in [0, 0.05) is 12.6 Å². The fourth-order valence-electron chi connectivity index (χ4n) is 1.57. The maximum Gasteiger partial charge on any atom is 0.573 e. The molecule has 4 nitrogen and oxygen atoms in total. The molecule has 0 bridgehead atoms. The third-order valence-corrected chi connectivity index (χ3v) is 2.30. The van der Waals surface area contributed by atoms with E-state index in [1.54, 1.807) is 12.1 Å². The molecular weight excluding hydrogens is 398 g/mol. The van der Waals surface area contributed by atoms with Gasteiger partial charge < -0.3 is 15.8 Å². The Morgan fingerprint density at radius 3 is 2.52 bits per heavy atom. The van der Waals surface area contributed by atoms with Gasteiger partial charge in [-0.1, -0.05) is 18.2 Å². The number of hydrogen-bond acceptors (Lipinski definition) is 2. The Hall–Kier alpha value is -1.19. The SMILES string of the molecule is CC(C)NC(N)=NCCc1ccccc1OC(F)(F)F.I. The zero-order valence-corrected chi connectivity index (χ0v) is 14.1. The molecule has 120 valence electrons. The molecule has 3 N–H and O–H groups in total. The van der Waals surface area contributed by atoms with E-state index < -0.39 is 6.36 Å². The van der Waals surface area contributed by atoms with Gasteiger partial charge in [-0.05, 0) is 31.9 Å². The summed E-state index contributed by atoms with van der Waals surface area (Å²) in [5.74, 6) is 0.0693. The van der Waals surface area contributed by atoms with Crippen LogP contribution in [-0.4, -0.2) is 24.9 Å². The summed E-state index contributed by atoms with van der Waals surface area (Å²) >= 11 is 0. The van der Waals surface area contributed by atoms with Crippen molar-refractivity contribution in [2.75, 3.05) is 6.54 Å². The molecule has 0 saturated carbocycles. The van der Waals surface area contributed by atoms with Crippen molar-refractivity contribution in [3.05, 3.63) is 29.8 Å². The molecule has 0 saturated heterocycles. The van der Waals surface area contributed by atoms with Crippen LogP contribution in [0.15, 0.2) is 29.3 Å². The summed E-state index contributed by atoms with van der Waals surface area (Å²) < 4.78 is 40.7. The molecule has 0 spiro atoms. The summed E-state index contributed by atoms with van der Waals surface area (Å²) in [7, 11) is 0. The molecule has 0 heterocycles. The Bertz CT molecular complexity index is 464. The normalized spacial score (nSPS) is 12.0. The van der Waals surface area contributed by atoms with Gasteiger partial charge in [0.15, 0.2) is 5.96 Å². The highest BCUT2D eigenvalue weighted by atomic mass is 127. The molecule has 0 fully saturated rings. The number of rotatable bonds is 5. The average Bonchev–Trinajstić information content (AvgIpc) is 2.28. The molecule has 0 aliphatic heterocycles. The van der Waals surface area contributed by atoms with Crippen molar-refractivity contribution < 1.29 is 17.9 Å². The number of aliphatic imine (C=N–C) groups is 1. The first-order chi connectivity index (χ1) is 9.28. The molecule has 0 aliphatic rings. The summed E-state index contributed by atoms with van der Waals surface area (Å²) in [6, 6.07) is 6.14. The fourth-order valence-corrected chi connectivity index (χ4v) is 1.57. The molecule has 1 rings (SSSR count). The van der Waals surface area contributed by atoms with Crippen LogP contribution in [0, 0.1) is 0 Å². The van der Waals surface area contributed by atoms with E-state index in [2.05, 4.69) is 15.0 Å². The molecule has 0 atom stereocenters. The van der Waals surface area contributed by atoms with Gasteiger partial charge in [-0.3, -0.25) is 4.99 Å². The Labute approximate surface area is 139 Å². The monoisotopic (exact) mass is 417 g/mol. The Balaban J connectivity index is 0.00000400. The first-order valence-corrected chi connectivity index (χ1v) is 6.18. The first kappa shape index (κ1) is 19.8. The number of nitrogens with two attached hydrogens (primary N) is 1. The van der Waals surface area contributed by atoms with Crippen molar-refractivity contribution in [3.63, 3.8) is 0 Å². The smallest absolute Gasteiger partial charge is 0.406 e. The van der Waals surface area contributed by atoms with Gasteiger partial charge >= 0.3 is 6.36 Å². The molecule has 0 aromatic heterocycles. The minimum Gasteiger partial charge on any atom is -0.406 e. The number of para-hydroxylation sites is 1. The molecule has 8 heteroatoms. The minimum absolute atomic E-state index is 0. The van der Waals surface area contributed by atoms with E-state index in [1.807, 2.05) is 13.8 Å². The maximum absolute atomic E-state index is 12.2. The molecular formula is C13H19F3IN3O. The zero-order valence-electron chi connectivity index (χ0n) is 11.8. The molecule has 0 radical (unpaired) electrons. The maximum atomic E-state index is 12.2. The van der Waals surface area contributed by atoms with Crippen LogP contribution >= 0.6 is 24.0 Å². The number of alkyl halides is 3. The van der Waals surface area contributed by atoms with Gasteiger partial charge in [0.1, 0.15) is 5.75 Å². The summed E-state index contributed by atoms with van der Waals surface area (Å²) in [6.07, 6.45) is -4.38. The second-order valence-corrected chi connectivity index (χ2v) is 4.47. The van der Waals surface area contributed by atoms with Crippen molar-refractivity contribution in [2.24, 2.45) is 10.7 Å².